The average Bonchev–Trinajstić information content (AvgIpc) is 2.26. The van der Waals surface area contributed by atoms with Crippen LogP contribution >= 0.6 is 0 Å². The van der Waals surface area contributed by atoms with Gasteiger partial charge in [-0.05, 0) is 26.0 Å². The van der Waals surface area contributed by atoms with Gasteiger partial charge >= 0.3 is 0 Å². The van der Waals surface area contributed by atoms with Crippen LogP contribution in [0.5, 0.6) is 0 Å². The highest BCUT2D eigenvalue weighted by Gasteiger charge is 2.11. The van der Waals surface area contributed by atoms with Crippen LogP contribution < -0.4 is 4.90 Å². The molecule has 0 bridgehead atoms. The number of aliphatic hydroxyl groups is 1. The van der Waals surface area contributed by atoms with Gasteiger partial charge in [0, 0.05) is 12.7 Å². The summed E-state index contributed by atoms with van der Waals surface area (Å²) in [5, 5.41) is 17.8. The highest BCUT2D eigenvalue weighted by atomic mass is 16.3. The monoisotopic (exact) mass is 205 g/mol. The topological polar surface area (TPSA) is 60.2 Å². The largest absolute Gasteiger partial charge is 0.394 e. The molecule has 0 aliphatic carbocycles. The minimum atomic E-state index is -0.00848. The predicted octanol–water partition coefficient (Wildman–Crippen LogP) is 1.08. The molecule has 0 amide bonds. The van der Waals surface area contributed by atoms with Crippen LogP contribution in [0.25, 0.3) is 0 Å². The number of aromatic nitrogens is 1. The lowest BCUT2D eigenvalue weighted by Gasteiger charge is -2.24. The zero-order valence-corrected chi connectivity index (χ0v) is 9.23. The summed E-state index contributed by atoms with van der Waals surface area (Å²) in [6.45, 7) is 3.81. The Bertz CT molecular complexity index is 384. The number of anilines is 1. The normalized spacial score (nSPS) is 11.9. The molecule has 0 radical (unpaired) electrons. The van der Waals surface area contributed by atoms with E-state index in [9.17, 15) is 0 Å². The summed E-state index contributed by atoms with van der Waals surface area (Å²) in [6.07, 6.45) is 0. The Balaban J connectivity index is 3.04. The molecule has 1 rings (SSSR count). The van der Waals surface area contributed by atoms with Crippen molar-refractivity contribution < 1.29 is 5.11 Å². The van der Waals surface area contributed by atoms with Gasteiger partial charge in [0.2, 0.25) is 0 Å². The lowest BCUT2D eigenvalue weighted by Crippen LogP contribution is -2.32. The van der Waals surface area contributed by atoms with E-state index in [4.69, 9.17) is 10.4 Å². The van der Waals surface area contributed by atoms with Crippen molar-refractivity contribution in [2.75, 3.05) is 18.6 Å². The third-order valence-electron chi connectivity index (χ3n) is 2.36. The minimum absolute atomic E-state index is 0.00848. The molecule has 1 unspecified atom stereocenters. The zero-order valence-electron chi connectivity index (χ0n) is 9.23. The molecule has 4 heteroatoms. The molecule has 4 nitrogen and oxygen atoms in total. The van der Waals surface area contributed by atoms with Gasteiger partial charge < -0.3 is 10.0 Å². The number of aryl methyl sites for hydroxylation is 1. The van der Waals surface area contributed by atoms with Crippen molar-refractivity contribution in [3.05, 3.63) is 23.4 Å². The number of rotatable bonds is 3. The summed E-state index contributed by atoms with van der Waals surface area (Å²) in [5.41, 5.74) is 1.40. The van der Waals surface area contributed by atoms with Crippen LogP contribution in [0.3, 0.4) is 0 Å². The minimum Gasteiger partial charge on any atom is -0.394 e. The van der Waals surface area contributed by atoms with E-state index in [0.717, 1.165) is 5.69 Å². The number of nitrogens with zero attached hydrogens (tertiary/aromatic N) is 3. The Morgan fingerprint density at radius 1 is 1.60 bits per heavy atom. The maximum atomic E-state index is 9.03. The first-order valence-electron chi connectivity index (χ1n) is 4.81. The molecule has 0 aromatic carbocycles. The zero-order chi connectivity index (χ0) is 11.4. The van der Waals surface area contributed by atoms with Crippen LogP contribution in [0, 0.1) is 18.3 Å². The third-order valence-corrected chi connectivity index (χ3v) is 2.36. The van der Waals surface area contributed by atoms with E-state index < -0.39 is 0 Å². The molecule has 0 aliphatic heterocycles. The highest BCUT2D eigenvalue weighted by molar-refractivity contribution is 5.46. The van der Waals surface area contributed by atoms with Gasteiger partial charge in [-0.1, -0.05) is 0 Å². The number of pyridine rings is 1. The Kier molecular flexibility index (Phi) is 3.64. The predicted molar refractivity (Wildman–Crippen MR) is 58.6 cm³/mol. The van der Waals surface area contributed by atoms with E-state index in [-0.39, 0.29) is 12.6 Å². The summed E-state index contributed by atoms with van der Waals surface area (Å²) in [4.78, 5) is 6.17. The second-order valence-electron chi connectivity index (χ2n) is 3.61. The molecule has 0 aliphatic rings. The fourth-order valence-electron chi connectivity index (χ4n) is 1.24. The average molecular weight is 205 g/mol. The fourth-order valence-corrected chi connectivity index (χ4v) is 1.24. The number of nitriles is 1. The second-order valence-corrected chi connectivity index (χ2v) is 3.61. The van der Waals surface area contributed by atoms with Crippen LogP contribution in [-0.2, 0) is 0 Å². The van der Waals surface area contributed by atoms with Crippen molar-refractivity contribution >= 4 is 5.82 Å². The Hall–Kier alpha value is -1.60. The van der Waals surface area contributed by atoms with E-state index in [0.29, 0.717) is 11.4 Å². The molecule has 1 N–H and O–H groups in total. The van der Waals surface area contributed by atoms with E-state index in [1.165, 1.54) is 0 Å². The van der Waals surface area contributed by atoms with Gasteiger partial charge in [0.1, 0.15) is 5.82 Å². The summed E-state index contributed by atoms with van der Waals surface area (Å²) in [7, 11) is 1.85. The van der Waals surface area contributed by atoms with E-state index in [1.54, 1.807) is 12.1 Å². The van der Waals surface area contributed by atoms with Crippen LogP contribution in [-0.4, -0.2) is 29.8 Å². The van der Waals surface area contributed by atoms with Gasteiger partial charge in [-0.15, -0.1) is 0 Å². The van der Waals surface area contributed by atoms with Crippen molar-refractivity contribution in [2.45, 2.75) is 19.9 Å². The summed E-state index contributed by atoms with van der Waals surface area (Å²) < 4.78 is 0. The van der Waals surface area contributed by atoms with Gasteiger partial charge in [0.05, 0.1) is 24.3 Å². The molecule has 1 heterocycles. The van der Waals surface area contributed by atoms with Gasteiger partial charge in [-0.3, -0.25) is 0 Å². The summed E-state index contributed by atoms with van der Waals surface area (Å²) in [6, 6.07) is 5.54. The molecule has 0 spiro atoms. The van der Waals surface area contributed by atoms with Crippen molar-refractivity contribution in [2.24, 2.45) is 0 Å². The number of likely N-dealkylation sites (N-methyl/N-ethyl adjacent to an activating group) is 1. The molecule has 80 valence electrons. The maximum Gasteiger partial charge on any atom is 0.130 e. The quantitative estimate of drug-likeness (QED) is 0.802. The van der Waals surface area contributed by atoms with Crippen molar-refractivity contribution in [1.29, 1.82) is 5.26 Å². The van der Waals surface area contributed by atoms with Gasteiger partial charge in [0.25, 0.3) is 0 Å². The smallest absolute Gasteiger partial charge is 0.130 e. The summed E-state index contributed by atoms with van der Waals surface area (Å²) in [5.74, 6) is 0.716. The van der Waals surface area contributed by atoms with Crippen LogP contribution in [0.4, 0.5) is 5.82 Å². The lowest BCUT2D eigenvalue weighted by atomic mass is 10.2. The molecular weight excluding hydrogens is 190 g/mol. The molecule has 1 aromatic rings. The standard InChI is InChI=1S/C11H15N3O/c1-8-4-10(6-12)5-11(13-8)14(3)9(2)7-15/h4-5,9,15H,7H2,1-3H3. The fraction of sp³-hybridized carbons (Fsp3) is 0.455. The molecule has 0 saturated heterocycles. The third kappa shape index (κ3) is 2.67. The summed E-state index contributed by atoms with van der Waals surface area (Å²) >= 11 is 0. The maximum absolute atomic E-state index is 9.03. The molecule has 1 atom stereocenters. The number of hydrogen-bond acceptors (Lipinski definition) is 4. The van der Waals surface area contributed by atoms with Crippen LogP contribution in [0.1, 0.15) is 18.2 Å². The molecule has 0 saturated carbocycles. The molecule has 15 heavy (non-hydrogen) atoms. The first-order valence-corrected chi connectivity index (χ1v) is 4.81. The molecular formula is C11H15N3O. The second kappa shape index (κ2) is 4.76. The van der Waals surface area contributed by atoms with E-state index in [1.807, 2.05) is 25.8 Å². The van der Waals surface area contributed by atoms with E-state index in [2.05, 4.69) is 11.1 Å². The highest BCUT2D eigenvalue weighted by Crippen LogP contribution is 2.15. The van der Waals surface area contributed by atoms with Gasteiger partial charge in [0.15, 0.2) is 0 Å². The van der Waals surface area contributed by atoms with Crippen LogP contribution in [0.2, 0.25) is 0 Å². The van der Waals surface area contributed by atoms with Gasteiger partial charge in [-0.25, -0.2) is 4.98 Å². The van der Waals surface area contributed by atoms with E-state index >= 15 is 0 Å². The molecule has 1 aromatic heterocycles. The number of aliphatic hydroxyl groups excluding tert-OH is 1. The number of hydrogen-bond donors (Lipinski definition) is 1. The Morgan fingerprint density at radius 2 is 2.27 bits per heavy atom. The Morgan fingerprint density at radius 3 is 2.80 bits per heavy atom. The molecule has 0 fully saturated rings. The van der Waals surface area contributed by atoms with Crippen molar-refractivity contribution in [1.82, 2.24) is 4.98 Å². The first-order chi connectivity index (χ1) is 7.08. The van der Waals surface area contributed by atoms with Gasteiger partial charge in [-0.2, -0.15) is 5.26 Å². The van der Waals surface area contributed by atoms with Crippen LogP contribution in [0.15, 0.2) is 12.1 Å². The first kappa shape index (κ1) is 11.5. The van der Waals surface area contributed by atoms with Crippen molar-refractivity contribution in [3.8, 4) is 6.07 Å². The SMILES string of the molecule is Cc1cc(C#N)cc(N(C)C(C)CO)n1. The Labute approximate surface area is 89.8 Å². The van der Waals surface area contributed by atoms with Crippen molar-refractivity contribution in [3.63, 3.8) is 0 Å². The lowest BCUT2D eigenvalue weighted by molar-refractivity contribution is 0.270.